The van der Waals surface area contributed by atoms with Crippen molar-refractivity contribution in [3.63, 3.8) is 0 Å². The molecule has 3 nitrogen and oxygen atoms in total. The summed E-state index contributed by atoms with van der Waals surface area (Å²) < 4.78 is 0. The highest BCUT2D eigenvalue weighted by atomic mass is 32.1. The van der Waals surface area contributed by atoms with Gasteiger partial charge in [-0.1, -0.05) is 25.1 Å². The second-order valence-electron chi connectivity index (χ2n) is 3.78. The lowest BCUT2D eigenvalue weighted by molar-refractivity contribution is 0.892. The van der Waals surface area contributed by atoms with Crippen molar-refractivity contribution >= 4 is 40.3 Å². The third kappa shape index (κ3) is 4.58. The van der Waals surface area contributed by atoms with E-state index in [9.17, 15) is 0 Å². The highest BCUT2D eigenvalue weighted by Gasteiger charge is 2.11. The fraction of sp³-hybridized carbons (Fsp3) is 0.385. The molecular formula is C13H19N3S2. The van der Waals surface area contributed by atoms with Crippen LogP contribution in [0.4, 0.5) is 5.69 Å². The fourth-order valence-electron chi connectivity index (χ4n) is 1.55. The molecule has 0 aliphatic rings. The van der Waals surface area contributed by atoms with Crippen molar-refractivity contribution in [1.29, 1.82) is 0 Å². The minimum absolute atomic E-state index is 0.569. The molecule has 0 heterocycles. The summed E-state index contributed by atoms with van der Waals surface area (Å²) in [6.07, 6.45) is 1.02. The van der Waals surface area contributed by atoms with Crippen LogP contribution in [0.1, 0.15) is 20.3 Å². The zero-order chi connectivity index (χ0) is 13.4. The van der Waals surface area contributed by atoms with Crippen LogP contribution in [-0.2, 0) is 0 Å². The van der Waals surface area contributed by atoms with E-state index in [1.165, 1.54) is 0 Å². The van der Waals surface area contributed by atoms with E-state index in [1.54, 1.807) is 0 Å². The van der Waals surface area contributed by atoms with Crippen LogP contribution in [0, 0.1) is 0 Å². The van der Waals surface area contributed by atoms with Crippen LogP contribution in [0.15, 0.2) is 30.3 Å². The molecule has 1 aromatic rings. The van der Waals surface area contributed by atoms with E-state index >= 15 is 0 Å². The fourth-order valence-corrected chi connectivity index (χ4v) is 2.15. The minimum Gasteiger partial charge on any atom is -0.363 e. The van der Waals surface area contributed by atoms with Gasteiger partial charge in [-0.05, 0) is 49.9 Å². The molecule has 1 rings (SSSR count). The lowest BCUT2D eigenvalue weighted by atomic mass is 10.3. The second-order valence-corrected chi connectivity index (χ2v) is 4.57. The Balaban J connectivity index is 2.73. The topological polar surface area (TPSA) is 27.3 Å². The van der Waals surface area contributed by atoms with E-state index in [-0.39, 0.29) is 0 Å². The van der Waals surface area contributed by atoms with Gasteiger partial charge >= 0.3 is 0 Å². The molecule has 0 aliphatic carbocycles. The van der Waals surface area contributed by atoms with Gasteiger partial charge in [0.1, 0.15) is 0 Å². The first kappa shape index (κ1) is 14.9. The van der Waals surface area contributed by atoms with Crippen molar-refractivity contribution in [2.45, 2.75) is 20.3 Å². The van der Waals surface area contributed by atoms with E-state index in [0.29, 0.717) is 10.2 Å². The Morgan fingerprint density at radius 1 is 1.17 bits per heavy atom. The van der Waals surface area contributed by atoms with Gasteiger partial charge in [-0.15, -0.1) is 0 Å². The number of anilines is 1. The first-order chi connectivity index (χ1) is 8.69. The van der Waals surface area contributed by atoms with E-state index in [4.69, 9.17) is 24.4 Å². The largest absolute Gasteiger partial charge is 0.363 e. The molecule has 0 aromatic heterocycles. The Bertz CT molecular complexity index is 392. The molecule has 0 radical (unpaired) electrons. The van der Waals surface area contributed by atoms with Crippen molar-refractivity contribution < 1.29 is 0 Å². The molecule has 0 fully saturated rings. The Morgan fingerprint density at radius 3 is 2.39 bits per heavy atom. The normalized spacial score (nSPS) is 9.67. The van der Waals surface area contributed by atoms with Crippen molar-refractivity contribution in [2.24, 2.45) is 0 Å². The molecule has 0 bridgehead atoms. The molecule has 0 atom stereocenters. The standard InChI is InChI=1S/C13H19N3S2/c1-3-10-16(11-8-6-5-7-9-11)13(18)15-12(17)14-4-2/h5-9H,3-4,10H2,1-2H3,(H2,14,15,17,18). The third-order valence-corrected chi connectivity index (χ3v) is 2.89. The number of thiocarbonyl (C=S) groups is 2. The van der Waals surface area contributed by atoms with Gasteiger partial charge in [-0.2, -0.15) is 0 Å². The van der Waals surface area contributed by atoms with E-state index in [2.05, 4.69) is 22.5 Å². The summed E-state index contributed by atoms with van der Waals surface area (Å²) in [6.45, 7) is 5.78. The van der Waals surface area contributed by atoms with Gasteiger partial charge in [0.05, 0.1) is 0 Å². The van der Waals surface area contributed by atoms with Gasteiger partial charge in [0.25, 0.3) is 0 Å². The molecule has 0 spiro atoms. The lowest BCUT2D eigenvalue weighted by Gasteiger charge is -2.25. The summed E-state index contributed by atoms with van der Waals surface area (Å²) in [7, 11) is 0. The average molecular weight is 281 g/mol. The van der Waals surface area contributed by atoms with Crippen LogP contribution in [0.3, 0.4) is 0 Å². The predicted molar refractivity (Wildman–Crippen MR) is 86.1 cm³/mol. The zero-order valence-electron chi connectivity index (χ0n) is 10.8. The quantitative estimate of drug-likeness (QED) is 0.828. The monoisotopic (exact) mass is 281 g/mol. The average Bonchev–Trinajstić information content (AvgIpc) is 2.37. The number of hydrogen-bond donors (Lipinski definition) is 2. The smallest absolute Gasteiger partial charge is 0.179 e. The molecule has 0 unspecified atom stereocenters. The number of benzene rings is 1. The minimum atomic E-state index is 0.569. The maximum absolute atomic E-state index is 5.40. The highest BCUT2D eigenvalue weighted by Crippen LogP contribution is 2.13. The lowest BCUT2D eigenvalue weighted by Crippen LogP contribution is -2.47. The molecule has 2 N–H and O–H groups in total. The van der Waals surface area contributed by atoms with Crippen LogP contribution in [0.5, 0.6) is 0 Å². The molecule has 0 amide bonds. The SMILES string of the molecule is CCCN(C(=S)NC(=S)NCC)c1ccccc1. The first-order valence-corrected chi connectivity index (χ1v) is 6.92. The summed E-state index contributed by atoms with van der Waals surface area (Å²) in [5.41, 5.74) is 1.08. The summed E-state index contributed by atoms with van der Waals surface area (Å²) in [5.74, 6) is 0. The van der Waals surface area contributed by atoms with Crippen LogP contribution in [-0.4, -0.2) is 23.3 Å². The van der Waals surface area contributed by atoms with Gasteiger partial charge in [0.2, 0.25) is 0 Å². The number of nitrogens with one attached hydrogen (secondary N) is 2. The van der Waals surface area contributed by atoms with Gasteiger partial charge in [0.15, 0.2) is 10.2 Å². The Labute approximate surface area is 120 Å². The summed E-state index contributed by atoms with van der Waals surface area (Å²) in [4.78, 5) is 2.05. The predicted octanol–water partition coefficient (Wildman–Crippen LogP) is 2.67. The number of nitrogens with zero attached hydrogens (tertiary/aromatic N) is 1. The summed E-state index contributed by atoms with van der Waals surface area (Å²) >= 11 is 10.5. The molecule has 1 aromatic carbocycles. The Morgan fingerprint density at radius 2 is 1.83 bits per heavy atom. The van der Waals surface area contributed by atoms with Gasteiger partial charge in [-0.25, -0.2) is 0 Å². The molecular weight excluding hydrogens is 262 g/mol. The van der Waals surface area contributed by atoms with Gasteiger partial charge in [0, 0.05) is 18.8 Å². The van der Waals surface area contributed by atoms with Crippen LogP contribution in [0.25, 0.3) is 0 Å². The van der Waals surface area contributed by atoms with E-state index < -0.39 is 0 Å². The molecule has 0 aliphatic heterocycles. The molecule has 5 heteroatoms. The maximum Gasteiger partial charge on any atom is 0.179 e. The van der Waals surface area contributed by atoms with Crippen molar-refractivity contribution in [1.82, 2.24) is 10.6 Å². The maximum atomic E-state index is 5.40. The van der Waals surface area contributed by atoms with Crippen molar-refractivity contribution in [3.8, 4) is 0 Å². The number of hydrogen-bond acceptors (Lipinski definition) is 2. The first-order valence-electron chi connectivity index (χ1n) is 6.10. The highest BCUT2D eigenvalue weighted by molar-refractivity contribution is 7.82. The Hall–Kier alpha value is -1.20. The van der Waals surface area contributed by atoms with Crippen molar-refractivity contribution in [2.75, 3.05) is 18.0 Å². The van der Waals surface area contributed by atoms with E-state index in [0.717, 1.165) is 25.2 Å². The number of rotatable bonds is 4. The zero-order valence-corrected chi connectivity index (χ0v) is 12.4. The van der Waals surface area contributed by atoms with E-state index in [1.807, 2.05) is 37.3 Å². The van der Waals surface area contributed by atoms with Crippen molar-refractivity contribution in [3.05, 3.63) is 30.3 Å². The van der Waals surface area contributed by atoms with Gasteiger partial charge < -0.3 is 15.5 Å². The molecule has 18 heavy (non-hydrogen) atoms. The van der Waals surface area contributed by atoms with Gasteiger partial charge in [-0.3, -0.25) is 0 Å². The molecule has 0 saturated heterocycles. The van der Waals surface area contributed by atoms with Crippen LogP contribution < -0.4 is 15.5 Å². The molecule has 0 saturated carbocycles. The Kier molecular flexibility index (Phi) is 6.60. The van der Waals surface area contributed by atoms with Crippen LogP contribution in [0.2, 0.25) is 0 Å². The summed E-state index contributed by atoms with van der Waals surface area (Å²) in [5, 5.41) is 7.28. The molecule has 98 valence electrons. The third-order valence-electron chi connectivity index (χ3n) is 2.32. The number of para-hydroxylation sites is 1. The summed E-state index contributed by atoms with van der Waals surface area (Å²) in [6, 6.07) is 10.1. The van der Waals surface area contributed by atoms with Crippen LogP contribution >= 0.6 is 24.4 Å². The second kappa shape index (κ2) is 8.00.